The molecule has 110 valence electrons. The van der Waals surface area contributed by atoms with Gasteiger partial charge in [0.15, 0.2) is 0 Å². The van der Waals surface area contributed by atoms with E-state index in [1.54, 1.807) is 17.1 Å². The molecule has 2 atom stereocenters. The van der Waals surface area contributed by atoms with Crippen molar-refractivity contribution in [3.63, 3.8) is 0 Å². The van der Waals surface area contributed by atoms with Crippen molar-refractivity contribution in [2.45, 2.75) is 25.9 Å². The molecule has 0 bridgehead atoms. The molecule has 1 amide bonds. The number of amides is 1. The van der Waals surface area contributed by atoms with Crippen molar-refractivity contribution in [2.24, 2.45) is 0 Å². The molecule has 0 aliphatic carbocycles. The molecule has 1 aliphatic rings. The Labute approximate surface area is 124 Å². The number of hydrogen-bond donors (Lipinski definition) is 1. The summed E-state index contributed by atoms with van der Waals surface area (Å²) in [5.41, 5.74) is 1.60. The largest absolute Gasteiger partial charge is 0.333 e. The van der Waals surface area contributed by atoms with Crippen LogP contribution in [0.1, 0.15) is 24.2 Å². The molecular formula is C16H20N4O. The highest BCUT2D eigenvalue weighted by molar-refractivity contribution is 5.94. The van der Waals surface area contributed by atoms with Crippen molar-refractivity contribution in [3.8, 4) is 5.69 Å². The Morgan fingerprint density at radius 1 is 1.29 bits per heavy atom. The molecule has 5 heteroatoms. The van der Waals surface area contributed by atoms with Crippen LogP contribution in [0.5, 0.6) is 0 Å². The Morgan fingerprint density at radius 2 is 2.05 bits per heavy atom. The quantitative estimate of drug-likeness (QED) is 0.913. The van der Waals surface area contributed by atoms with Crippen LogP contribution in [0.15, 0.2) is 42.7 Å². The molecule has 1 saturated heterocycles. The van der Waals surface area contributed by atoms with E-state index in [1.165, 1.54) is 0 Å². The second-order valence-electron chi connectivity index (χ2n) is 5.62. The lowest BCUT2D eigenvalue weighted by Crippen LogP contribution is -2.56. The van der Waals surface area contributed by atoms with E-state index in [1.807, 2.05) is 35.2 Å². The number of nitrogens with one attached hydrogen (secondary N) is 1. The number of hydrogen-bond acceptors (Lipinski definition) is 3. The highest BCUT2D eigenvalue weighted by Crippen LogP contribution is 2.14. The Morgan fingerprint density at radius 3 is 2.81 bits per heavy atom. The fourth-order valence-electron chi connectivity index (χ4n) is 2.63. The molecule has 1 aromatic carbocycles. The molecule has 5 nitrogen and oxygen atoms in total. The smallest absolute Gasteiger partial charge is 0.257 e. The summed E-state index contributed by atoms with van der Waals surface area (Å²) < 4.78 is 1.74. The van der Waals surface area contributed by atoms with Gasteiger partial charge in [0, 0.05) is 31.4 Å². The minimum absolute atomic E-state index is 0.0537. The Kier molecular flexibility index (Phi) is 3.75. The van der Waals surface area contributed by atoms with Gasteiger partial charge >= 0.3 is 0 Å². The van der Waals surface area contributed by atoms with Crippen molar-refractivity contribution in [3.05, 3.63) is 48.3 Å². The van der Waals surface area contributed by atoms with E-state index in [0.717, 1.165) is 18.8 Å². The molecule has 1 aromatic heterocycles. The molecule has 1 N–H and O–H groups in total. The number of benzene rings is 1. The SMILES string of the molecule is CC1CN(C(=O)c2cnn(-c3ccccc3)c2)C(C)CN1. The fourth-order valence-corrected chi connectivity index (χ4v) is 2.63. The van der Waals surface area contributed by atoms with E-state index >= 15 is 0 Å². The second-order valence-corrected chi connectivity index (χ2v) is 5.62. The molecule has 1 aliphatic heterocycles. The number of carbonyl (C=O) groups excluding carboxylic acids is 1. The molecule has 2 heterocycles. The maximum absolute atomic E-state index is 12.6. The van der Waals surface area contributed by atoms with Crippen LogP contribution < -0.4 is 5.32 Å². The maximum atomic E-state index is 12.6. The number of piperazine rings is 1. The van der Waals surface area contributed by atoms with E-state index in [4.69, 9.17) is 0 Å². The summed E-state index contributed by atoms with van der Waals surface area (Å²) in [6, 6.07) is 10.3. The van der Waals surface area contributed by atoms with Gasteiger partial charge in [-0.05, 0) is 26.0 Å². The van der Waals surface area contributed by atoms with E-state index in [-0.39, 0.29) is 11.9 Å². The van der Waals surface area contributed by atoms with Crippen LogP contribution in [0.25, 0.3) is 5.69 Å². The normalized spacial score (nSPS) is 22.3. The Hall–Kier alpha value is -2.14. The molecule has 0 saturated carbocycles. The molecule has 2 aromatic rings. The predicted molar refractivity (Wildman–Crippen MR) is 81.5 cm³/mol. The van der Waals surface area contributed by atoms with Crippen molar-refractivity contribution >= 4 is 5.91 Å². The van der Waals surface area contributed by atoms with Crippen molar-refractivity contribution in [1.82, 2.24) is 20.0 Å². The lowest BCUT2D eigenvalue weighted by Gasteiger charge is -2.37. The molecule has 2 unspecified atom stereocenters. The molecule has 3 rings (SSSR count). The summed E-state index contributed by atoms with van der Waals surface area (Å²) in [6.45, 7) is 5.73. The van der Waals surface area contributed by atoms with Crippen LogP contribution in [0.3, 0.4) is 0 Å². The summed E-state index contributed by atoms with van der Waals surface area (Å²) in [7, 11) is 0. The topological polar surface area (TPSA) is 50.2 Å². The van der Waals surface area contributed by atoms with Gasteiger partial charge in [-0.2, -0.15) is 5.10 Å². The average molecular weight is 284 g/mol. The molecule has 0 radical (unpaired) electrons. The van der Waals surface area contributed by atoms with Crippen molar-refractivity contribution in [2.75, 3.05) is 13.1 Å². The van der Waals surface area contributed by atoms with Crippen LogP contribution >= 0.6 is 0 Å². The van der Waals surface area contributed by atoms with Crippen LogP contribution in [0, 0.1) is 0 Å². The minimum Gasteiger partial charge on any atom is -0.333 e. The summed E-state index contributed by atoms with van der Waals surface area (Å²) >= 11 is 0. The van der Waals surface area contributed by atoms with Gasteiger partial charge in [-0.3, -0.25) is 4.79 Å². The molecular weight excluding hydrogens is 264 g/mol. The maximum Gasteiger partial charge on any atom is 0.257 e. The van der Waals surface area contributed by atoms with E-state index < -0.39 is 0 Å². The van der Waals surface area contributed by atoms with Gasteiger partial charge < -0.3 is 10.2 Å². The highest BCUT2D eigenvalue weighted by Gasteiger charge is 2.28. The Balaban J connectivity index is 1.81. The van der Waals surface area contributed by atoms with Crippen LogP contribution in [0.2, 0.25) is 0 Å². The highest BCUT2D eigenvalue weighted by atomic mass is 16.2. The number of nitrogens with zero attached hydrogens (tertiary/aromatic N) is 3. The zero-order valence-electron chi connectivity index (χ0n) is 12.4. The van der Waals surface area contributed by atoms with Crippen LogP contribution in [-0.2, 0) is 0 Å². The van der Waals surface area contributed by atoms with Gasteiger partial charge in [-0.25, -0.2) is 4.68 Å². The predicted octanol–water partition coefficient (Wildman–Crippen LogP) is 1.69. The minimum atomic E-state index is 0.0537. The first-order valence-electron chi connectivity index (χ1n) is 7.29. The summed E-state index contributed by atoms with van der Waals surface area (Å²) in [6.07, 6.45) is 3.45. The zero-order valence-corrected chi connectivity index (χ0v) is 12.4. The van der Waals surface area contributed by atoms with Gasteiger partial charge in [-0.15, -0.1) is 0 Å². The first-order chi connectivity index (χ1) is 10.1. The second kappa shape index (κ2) is 5.69. The standard InChI is InChI=1S/C16H20N4O/c1-12-10-19(13(2)8-17-12)16(21)14-9-18-20(11-14)15-6-4-3-5-7-15/h3-7,9,11-13,17H,8,10H2,1-2H3. The summed E-state index contributed by atoms with van der Waals surface area (Å²) in [5.74, 6) is 0.0537. The number of carbonyl (C=O) groups is 1. The lowest BCUT2D eigenvalue weighted by atomic mass is 10.1. The number of rotatable bonds is 2. The van der Waals surface area contributed by atoms with Crippen LogP contribution in [-0.4, -0.2) is 45.8 Å². The zero-order chi connectivity index (χ0) is 14.8. The van der Waals surface area contributed by atoms with Gasteiger partial charge in [0.25, 0.3) is 5.91 Å². The average Bonchev–Trinajstić information content (AvgIpc) is 3.00. The lowest BCUT2D eigenvalue weighted by molar-refractivity contribution is 0.0616. The van der Waals surface area contributed by atoms with E-state index in [0.29, 0.717) is 11.6 Å². The monoisotopic (exact) mass is 284 g/mol. The summed E-state index contributed by atoms with van der Waals surface area (Å²) in [4.78, 5) is 14.6. The van der Waals surface area contributed by atoms with E-state index in [2.05, 4.69) is 24.3 Å². The number of aromatic nitrogens is 2. The van der Waals surface area contributed by atoms with Gasteiger partial charge in [0.05, 0.1) is 17.4 Å². The first-order valence-corrected chi connectivity index (χ1v) is 7.29. The third-order valence-electron chi connectivity index (χ3n) is 3.88. The van der Waals surface area contributed by atoms with Crippen molar-refractivity contribution in [1.29, 1.82) is 0 Å². The Bertz CT molecular complexity index is 622. The summed E-state index contributed by atoms with van der Waals surface area (Å²) in [5, 5.41) is 7.68. The third-order valence-corrected chi connectivity index (χ3v) is 3.88. The molecule has 0 spiro atoms. The van der Waals surface area contributed by atoms with Gasteiger partial charge in [0.1, 0.15) is 0 Å². The fraction of sp³-hybridized carbons (Fsp3) is 0.375. The number of para-hydroxylation sites is 1. The van der Waals surface area contributed by atoms with Crippen molar-refractivity contribution < 1.29 is 4.79 Å². The first kappa shape index (κ1) is 13.8. The van der Waals surface area contributed by atoms with Crippen LogP contribution in [0.4, 0.5) is 0 Å². The van der Waals surface area contributed by atoms with Gasteiger partial charge in [-0.1, -0.05) is 18.2 Å². The third kappa shape index (κ3) is 2.83. The molecule has 1 fully saturated rings. The van der Waals surface area contributed by atoms with Gasteiger partial charge in [0.2, 0.25) is 0 Å². The van der Waals surface area contributed by atoms with E-state index in [9.17, 15) is 4.79 Å². The molecule has 21 heavy (non-hydrogen) atoms.